The normalized spacial score (nSPS) is 11.7. The molecule has 5 heteroatoms. The Labute approximate surface area is 307 Å². The molecule has 10 rings (SSSR count). The van der Waals surface area contributed by atoms with E-state index in [9.17, 15) is 0 Å². The van der Waals surface area contributed by atoms with E-state index in [0.717, 1.165) is 62.1 Å². The molecule has 2 aromatic heterocycles. The minimum absolute atomic E-state index is 0.496. The SMILES string of the molecule is c1ccc(-c2nc3nc(-c4ccccc4)c(-c4ccc(N5c6ccccc6-c6ccccc6-c6ccccc65)cc4)nc3nc2-c2ccccc2)cc1. The van der Waals surface area contributed by atoms with Gasteiger partial charge in [-0.3, -0.25) is 0 Å². The maximum Gasteiger partial charge on any atom is 0.199 e. The predicted molar refractivity (Wildman–Crippen MR) is 216 cm³/mol. The van der Waals surface area contributed by atoms with E-state index in [1.54, 1.807) is 0 Å². The zero-order chi connectivity index (χ0) is 35.1. The van der Waals surface area contributed by atoms with Gasteiger partial charge in [0.1, 0.15) is 0 Å². The van der Waals surface area contributed by atoms with Gasteiger partial charge >= 0.3 is 0 Å². The lowest BCUT2D eigenvalue weighted by atomic mass is 9.95. The molecule has 3 heterocycles. The molecule has 0 amide bonds. The average Bonchev–Trinajstić information content (AvgIpc) is 3.36. The molecule has 0 N–H and O–H groups in total. The molecule has 0 atom stereocenters. The van der Waals surface area contributed by atoms with Gasteiger partial charge in [-0.1, -0.05) is 164 Å². The molecular weight excluding hydrogens is 647 g/mol. The molecule has 0 bridgehead atoms. The summed E-state index contributed by atoms with van der Waals surface area (Å²) in [6.07, 6.45) is 0. The Balaban J connectivity index is 1.15. The van der Waals surface area contributed by atoms with E-state index in [1.165, 1.54) is 22.3 Å². The van der Waals surface area contributed by atoms with Crippen LogP contribution in [-0.4, -0.2) is 19.9 Å². The minimum atomic E-state index is 0.496. The molecule has 0 radical (unpaired) electrons. The first-order chi connectivity index (χ1) is 26.3. The molecule has 248 valence electrons. The number of nitrogens with zero attached hydrogens (tertiary/aromatic N) is 5. The van der Waals surface area contributed by atoms with Crippen LogP contribution in [0.1, 0.15) is 0 Å². The van der Waals surface area contributed by atoms with E-state index < -0.39 is 0 Å². The third kappa shape index (κ3) is 5.34. The fourth-order valence-electron chi connectivity index (χ4n) is 7.40. The molecule has 1 aliphatic rings. The van der Waals surface area contributed by atoms with Crippen LogP contribution in [-0.2, 0) is 0 Å². The lowest BCUT2D eigenvalue weighted by molar-refractivity contribution is 1.17. The van der Waals surface area contributed by atoms with Crippen molar-refractivity contribution in [2.75, 3.05) is 4.90 Å². The Bertz CT molecular complexity index is 2700. The lowest BCUT2D eigenvalue weighted by Crippen LogP contribution is -2.10. The molecule has 0 spiro atoms. The van der Waals surface area contributed by atoms with Crippen molar-refractivity contribution in [2.24, 2.45) is 0 Å². The van der Waals surface area contributed by atoms with Crippen LogP contribution < -0.4 is 4.90 Å². The fourth-order valence-corrected chi connectivity index (χ4v) is 7.40. The Morgan fingerprint density at radius 2 is 0.566 bits per heavy atom. The second-order valence-corrected chi connectivity index (χ2v) is 13.0. The number of hydrogen-bond acceptors (Lipinski definition) is 5. The molecule has 0 fully saturated rings. The van der Waals surface area contributed by atoms with Gasteiger partial charge in [-0.2, -0.15) is 0 Å². The highest BCUT2D eigenvalue weighted by atomic mass is 15.1. The number of benzene rings is 7. The zero-order valence-corrected chi connectivity index (χ0v) is 28.6. The van der Waals surface area contributed by atoms with Gasteiger partial charge in [-0.15, -0.1) is 0 Å². The van der Waals surface area contributed by atoms with Gasteiger partial charge < -0.3 is 4.90 Å². The quantitative estimate of drug-likeness (QED) is 0.181. The maximum absolute atomic E-state index is 5.25. The zero-order valence-electron chi connectivity index (χ0n) is 28.6. The van der Waals surface area contributed by atoms with Crippen molar-refractivity contribution in [1.29, 1.82) is 0 Å². The smallest absolute Gasteiger partial charge is 0.199 e. The summed E-state index contributed by atoms with van der Waals surface area (Å²) in [7, 11) is 0. The molecule has 1 aliphatic heterocycles. The summed E-state index contributed by atoms with van der Waals surface area (Å²) in [5.74, 6) is 0. The van der Waals surface area contributed by atoms with Crippen LogP contribution in [0.3, 0.4) is 0 Å². The number of hydrogen-bond donors (Lipinski definition) is 0. The van der Waals surface area contributed by atoms with Gasteiger partial charge in [0.2, 0.25) is 0 Å². The van der Waals surface area contributed by atoms with Crippen LogP contribution in [0.25, 0.3) is 78.6 Å². The monoisotopic (exact) mass is 677 g/mol. The molecular formula is C48H31N5. The summed E-state index contributed by atoms with van der Waals surface area (Å²) >= 11 is 0. The Hall–Kier alpha value is -7.24. The lowest BCUT2D eigenvalue weighted by Gasteiger charge is -2.27. The van der Waals surface area contributed by atoms with Crippen molar-refractivity contribution in [2.45, 2.75) is 0 Å². The third-order valence-electron chi connectivity index (χ3n) is 9.86. The minimum Gasteiger partial charge on any atom is -0.309 e. The summed E-state index contributed by atoms with van der Waals surface area (Å²) in [5.41, 5.74) is 16.0. The molecule has 7 aromatic carbocycles. The van der Waals surface area contributed by atoms with E-state index in [1.807, 2.05) is 54.6 Å². The highest BCUT2D eigenvalue weighted by Crippen LogP contribution is 2.50. The van der Waals surface area contributed by atoms with Gasteiger partial charge in [-0.25, -0.2) is 19.9 Å². The predicted octanol–water partition coefficient (Wildman–Crippen LogP) is 12.2. The van der Waals surface area contributed by atoms with E-state index in [4.69, 9.17) is 19.9 Å². The third-order valence-corrected chi connectivity index (χ3v) is 9.86. The van der Waals surface area contributed by atoms with Crippen LogP contribution in [0.4, 0.5) is 17.1 Å². The summed E-state index contributed by atoms with van der Waals surface area (Å²) in [6.45, 7) is 0. The Kier molecular flexibility index (Phi) is 7.40. The molecule has 53 heavy (non-hydrogen) atoms. The van der Waals surface area contributed by atoms with Gasteiger partial charge in [0.15, 0.2) is 11.3 Å². The van der Waals surface area contributed by atoms with Crippen molar-refractivity contribution in [1.82, 2.24) is 19.9 Å². The van der Waals surface area contributed by atoms with Crippen molar-refractivity contribution in [3.8, 4) is 67.3 Å². The highest BCUT2D eigenvalue weighted by molar-refractivity contribution is 6.02. The van der Waals surface area contributed by atoms with Gasteiger partial charge in [-0.05, 0) is 35.4 Å². The van der Waals surface area contributed by atoms with E-state index in [2.05, 4.69) is 138 Å². The summed E-state index contributed by atoms with van der Waals surface area (Å²) < 4.78 is 0. The highest BCUT2D eigenvalue weighted by Gasteiger charge is 2.26. The molecule has 0 saturated carbocycles. The van der Waals surface area contributed by atoms with E-state index in [-0.39, 0.29) is 0 Å². The standard InChI is InChI=1S/C48H31N5/c1-4-16-32(17-5-1)43-44(33-18-6-2-7-19-33)50-48-47(49-43)51-45(34-20-8-3-9-21-34)46(52-48)35-28-30-36(31-29-35)53-41-26-14-12-24-39(41)37-22-10-11-23-38(37)40-25-13-15-27-42(40)53/h1-31H. The number of aromatic nitrogens is 4. The van der Waals surface area contributed by atoms with Crippen LogP contribution in [0.5, 0.6) is 0 Å². The van der Waals surface area contributed by atoms with Crippen LogP contribution >= 0.6 is 0 Å². The number of rotatable bonds is 5. The fraction of sp³-hybridized carbons (Fsp3) is 0. The van der Waals surface area contributed by atoms with Gasteiger partial charge in [0.05, 0.1) is 34.2 Å². The second-order valence-electron chi connectivity index (χ2n) is 13.0. The summed E-state index contributed by atoms with van der Waals surface area (Å²) in [4.78, 5) is 23.1. The summed E-state index contributed by atoms with van der Waals surface area (Å²) in [5, 5.41) is 0. The molecule has 5 nitrogen and oxygen atoms in total. The number of para-hydroxylation sites is 2. The topological polar surface area (TPSA) is 54.8 Å². The molecule has 0 unspecified atom stereocenters. The maximum atomic E-state index is 5.25. The first-order valence-electron chi connectivity index (χ1n) is 17.7. The van der Waals surface area contributed by atoms with Crippen LogP contribution in [0.2, 0.25) is 0 Å². The Morgan fingerprint density at radius 3 is 0.943 bits per heavy atom. The van der Waals surface area contributed by atoms with Crippen molar-refractivity contribution in [3.05, 3.63) is 188 Å². The Morgan fingerprint density at radius 1 is 0.264 bits per heavy atom. The first kappa shape index (κ1) is 30.6. The number of anilines is 3. The second kappa shape index (κ2) is 12.8. The van der Waals surface area contributed by atoms with Crippen LogP contribution in [0.15, 0.2) is 188 Å². The molecule has 0 saturated heterocycles. The molecule has 0 aliphatic carbocycles. The summed E-state index contributed by atoms with van der Waals surface area (Å²) in [6, 6.07) is 65.2. The van der Waals surface area contributed by atoms with Crippen LogP contribution in [0, 0.1) is 0 Å². The molecule has 9 aromatic rings. The average molecular weight is 678 g/mol. The van der Waals surface area contributed by atoms with Gasteiger partial charge in [0, 0.05) is 39.1 Å². The van der Waals surface area contributed by atoms with Gasteiger partial charge in [0.25, 0.3) is 0 Å². The van der Waals surface area contributed by atoms with Crippen molar-refractivity contribution < 1.29 is 0 Å². The van der Waals surface area contributed by atoms with E-state index in [0.29, 0.717) is 11.3 Å². The van der Waals surface area contributed by atoms with Crippen molar-refractivity contribution in [3.63, 3.8) is 0 Å². The number of fused-ring (bicyclic) bond motifs is 6. The van der Waals surface area contributed by atoms with E-state index >= 15 is 0 Å². The van der Waals surface area contributed by atoms with Crippen molar-refractivity contribution >= 4 is 28.4 Å². The largest absolute Gasteiger partial charge is 0.309 e. The first-order valence-corrected chi connectivity index (χ1v) is 17.7.